The number of nitrogens with zero attached hydrogens (tertiary/aromatic N) is 2. The van der Waals surface area contributed by atoms with Crippen LogP contribution in [0.15, 0.2) is 30.3 Å². The van der Waals surface area contributed by atoms with Gasteiger partial charge in [-0.1, -0.05) is 44.2 Å². The predicted molar refractivity (Wildman–Crippen MR) is 84.1 cm³/mol. The number of ether oxygens (including phenoxy) is 1. The predicted octanol–water partition coefficient (Wildman–Crippen LogP) is 2.17. The zero-order chi connectivity index (χ0) is 15.2. The van der Waals surface area contributed by atoms with Gasteiger partial charge in [0, 0.05) is 19.1 Å². The lowest BCUT2D eigenvalue weighted by Gasteiger charge is -2.34. The Kier molecular flexibility index (Phi) is 5.76. The summed E-state index contributed by atoms with van der Waals surface area (Å²) in [5.74, 6) is 0.650. The number of carbonyl (C=O) groups is 1. The molecule has 116 valence electrons. The third-order valence-corrected chi connectivity index (χ3v) is 4.00. The van der Waals surface area contributed by atoms with E-state index in [1.54, 1.807) is 0 Å². The molecule has 0 saturated carbocycles. The molecule has 4 nitrogen and oxygen atoms in total. The van der Waals surface area contributed by atoms with Crippen molar-refractivity contribution in [2.45, 2.75) is 19.9 Å². The highest BCUT2D eigenvalue weighted by Gasteiger charge is 2.25. The smallest absolute Gasteiger partial charge is 0.236 e. The Morgan fingerprint density at radius 3 is 2.43 bits per heavy atom. The maximum atomic E-state index is 12.4. The normalized spacial score (nSPS) is 17.3. The number of likely N-dealkylation sites (N-methyl/N-ethyl adjacent to an activating group) is 1. The minimum Gasteiger partial charge on any atom is -0.378 e. The molecule has 2 rings (SSSR count). The molecule has 0 unspecified atom stereocenters. The van der Waals surface area contributed by atoms with Crippen LogP contribution < -0.4 is 0 Å². The lowest BCUT2D eigenvalue weighted by molar-refractivity contribution is -0.136. The summed E-state index contributed by atoms with van der Waals surface area (Å²) < 4.78 is 5.30. The van der Waals surface area contributed by atoms with Crippen LogP contribution in [0.5, 0.6) is 0 Å². The lowest BCUT2D eigenvalue weighted by atomic mass is 9.95. The molecule has 1 amide bonds. The Bertz CT molecular complexity index is 441. The first kappa shape index (κ1) is 16.0. The van der Waals surface area contributed by atoms with E-state index in [2.05, 4.69) is 43.0 Å². The van der Waals surface area contributed by atoms with E-state index in [1.165, 1.54) is 5.56 Å². The van der Waals surface area contributed by atoms with Crippen LogP contribution in [0.4, 0.5) is 0 Å². The zero-order valence-corrected chi connectivity index (χ0v) is 13.3. The largest absolute Gasteiger partial charge is 0.378 e. The average molecular weight is 290 g/mol. The van der Waals surface area contributed by atoms with Crippen molar-refractivity contribution >= 4 is 5.91 Å². The molecular formula is C17H26N2O2. The van der Waals surface area contributed by atoms with Gasteiger partial charge in [0.1, 0.15) is 0 Å². The Labute approximate surface area is 127 Å². The van der Waals surface area contributed by atoms with Crippen LogP contribution >= 0.6 is 0 Å². The second kappa shape index (κ2) is 7.57. The van der Waals surface area contributed by atoms with E-state index in [4.69, 9.17) is 4.74 Å². The summed E-state index contributed by atoms with van der Waals surface area (Å²) in [6, 6.07) is 10.7. The van der Waals surface area contributed by atoms with Crippen LogP contribution in [0.2, 0.25) is 0 Å². The monoisotopic (exact) mass is 290 g/mol. The lowest BCUT2D eigenvalue weighted by Crippen LogP contribution is -2.46. The first-order chi connectivity index (χ1) is 10.1. The van der Waals surface area contributed by atoms with E-state index < -0.39 is 0 Å². The summed E-state index contributed by atoms with van der Waals surface area (Å²) in [5, 5.41) is 0. The van der Waals surface area contributed by atoms with Crippen molar-refractivity contribution in [3.63, 3.8) is 0 Å². The molecule has 0 spiro atoms. The fraction of sp³-hybridized carbons (Fsp3) is 0.588. The molecule has 1 aromatic carbocycles. The zero-order valence-electron chi connectivity index (χ0n) is 13.3. The SMILES string of the molecule is CC(C)[C@@H](c1ccccc1)N(C)CC(=O)N1CCOCC1. The first-order valence-corrected chi connectivity index (χ1v) is 7.70. The van der Waals surface area contributed by atoms with Gasteiger partial charge in [-0.2, -0.15) is 0 Å². The van der Waals surface area contributed by atoms with E-state index in [0.29, 0.717) is 38.8 Å². The molecule has 21 heavy (non-hydrogen) atoms. The quantitative estimate of drug-likeness (QED) is 0.833. The molecule has 1 aliphatic heterocycles. The molecule has 1 atom stereocenters. The fourth-order valence-electron chi connectivity index (χ4n) is 3.02. The molecule has 0 aliphatic carbocycles. The average Bonchev–Trinajstić information content (AvgIpc) is 2.49. The van der Waals surface area contributed by atoms with Gasteiger partial charge in [-0.25, -0.2) is 0 Å². The van der Waals surface area contributed by atoms with E-state index in [1.807, 2.05) is 18.0 Å². The summed E-state index contributed by atoms with van der Waals surface area (Å²) >= 11 is 0. The molecule has 1 fully saturated rings. The van der Waals surface area contributed by atoms with Crippen LogP contribution in [-0.2, 0) is 9.53 Å². The molecule has 1 saturated heterocycles. The molecule has 1 aromatic rings. The van der Waals surface area contributed by atoms with Gasteiger partial charge in [0.15, 0.2) is 0 Å². The number of hydrogen-bond acceptors (Lipinski definition) is 3. The standard InChI is InChI=1S/C17H26N2O2/c1-14(2)17(15-7-5-4-6-8-15)18(3)13-16(20)19-9-11-21-12-10-19/h4-8,14,17H,9-13H2,1-3H3/t17-/m0/s1. The molecule has 4 heteroatoms. The Morgan fingerprint density at radius 1 is 1.24 bits per heavy atom. The number of morpholine rings is 1. The van der Waals surface area contributed by atoms with Gasteiger partial charge in [0.25, 0.3) is 0 Å². The van der Waals surface area contributed by atoms with Crippen molar-refractivity contribution in [1.82, 2.24) is 9.80 Å². The van der Waals surface area contributed by atoms with Crippen LogP contribution in [-0.4, -0.2) is 55.6 Å². The minimum absolute atomic E-state index is 0.197. The minimum atomic E-state index is 0.197. The van der Waals surface area contributed by atoms with E-state index in [-0.39, 0.29) is 11.9 Å². The van der Waals surface area contributed by atoms with Crippen molar-refractivity contribution in [1.29, 1.82) is 0 Å². The summed E-state index contributed by atoms with van der Waals surface area (Å²) in [5.41, 5.74) is 1.27. The second-order valence-electron chi connectivity index (χ2n) is 6.01. The van der Waals surface area contributed by atoms with Gasteiger partial charge in [0.05, 0.1) is 19.8 Å². The van der Waals surface area contributed by atoms with Crippen LogP contribution in [0.25, 0.3) is 0 Å². The van der Waals surface area contributed by atoms with Gasteiger partial charge >= 0.3 is 0 Å². The van der Waals surface area contributed by atoms with Crippen LogP contribution in [0, 0.1) is 5.92 Å². The Hall–Kier alpha value is -1.39. The number of hydrogen-bond donors (Lipinski definition) is 0. The molecule has 0 radical (unpaired) electrons. The van der Waals surface area contributed by atoms with Crippen molar-refractivity contribution in [2.24, 2.45) is 5.92 Å². The summed E-state index contributed by atoms with van der Waals surface area (Å²) in [7, 11) is 2.04. The van der Waals surface area contributed by atoms with E-state index in [9.17, 15) is 4.79 Å². The van der Waals surface area contributed by atoms with Gasteiger partial charge in [-0.15, -0.1) is 0 Å². The molecule has 1 heterocycles. The third kappa shape index (κ3) is 4.29. The van der Waals surface area contributed by atoms with Crippen molar-refractivity contribution in [3.05, 3.63) is 35.9 Å². The van der Waals surface area contributed by atoms with Crippen molar-refractivity contribution in [2.75, 3.05) is 39.9 Å². The highest BCUT2D eigenvalue weighted by molar-refractivity contribution is 5.78. The highest BCUT2D eigenvalue weighted by atomic mass is 16.5. The number of amides is 1. The first-order valence-electron chi connectivity index (χ1n) is 7.70. The van der Waals surface area contributed by atoms with Gasteiger partial charge in [-0.3, -0.25) is 9.69 Å². The molecule has 0 bridgehead atoms. The number of carbonyl (C=O) groups excluding carboxylic acids is 1. The Morgan fingerprint density at radius 2 is 1.86 bits per heavy atom. The van der Waals surface area contributed by atoms with Crippen LogP contribution in [0.3, 0.4) is 0 Å². The van der Waals surface area contributed by atoms with E-state index in [0.717, 1.165) is 0 Å². The third-order valence-electron chi connectivity index (χ3n) is 4.00. The molecule has 0 N–H and O–H groups in total. The van der Waals surface area contributed by atoms with Gasteiger partial charge < -0.3 is 9.64 Å². The van der Waals surface area contributed by atoms with E-state index >= 15 is 0 Å². The summed E-state index contributed by atoms with van der Waals surface area (Å²) in [6.07, 6.45) is 0. The number of benzene rings is 1. The van der Waals surface area contributed by atoms with Crippen LogP contribution in [0.1, 0.15) is 25.5 Å². The maximum absolute atomic E-state index is 12.4. The fourth-order valence-corrected chi connectivity index (χ4v) is 3.02. The topological polar surface area (TPSA) is 32.8 Å². The second-order valence-corrected chi connectivity index (χ2v) is 6.01. The summed E-state index contributed by atoms with van der Waals surface area (Å²) in [4.78, 5) is 16.5. The molecule has 1 aliphatic rings. The van der Waals surface area contributed by atoms with Crippen molar-refractivity contribution < 1.29 is 9.53 Å². The molecule has 0 aromatic heterocycles. The highest BCUT2D eigenvalue weighted by Crippen LogP contribution is 2.27. The summed E-state index contributed by atoms with van der Waals surface area (Å²) in [6.45, 7) is 7.59. The van der Waals surface area contributed by atoms with Gasteiger partial charge in [-0.05, 0) is 18.5 Å². The molecular weight excluding hydrogens is 264 g/mol. The number of rotatable bonds is 5. The maximum Gasteiger partial charge on any atom is 0.236 e. The Balaban J connectivity index is 2.01. The van der Waals surface area contributed by atoms with Crippen molar-refractivity contribution in [3.8, 4) is 0 Å². The van der Waals surface area contributed by atoms with Gasteiger partial charge in [0.2, 0.25) is 5.91 Å².